The van der Waals surface area contributed by atoms with Crippen molar-refractivity contribution in [1.29, 1.82) is 0 Å². The predicted molar refractivity (Wildman–Crippen MR) is 57.1 cm³/mol. The average Bonchev–Trinajstić information content (AvgIpc) is 3.00. The van der Waals surface area contributed by atoms with Crippen LogP contribution >= 0.6 is 0 Å². The van der Waals surface area contributed by atoms with Crippen LogP contribution in [0.3, 0.4) is 0 Å². The van der Waals surface area contributed by atoms with Crippen LogP contribution in [0, 0.1) is 6.92 Å². The van der Waals surface area contributed by atoms with Gasteiger partial charge in [0.05, 0.1) is 0 Å². The van der Waals surface area contributed by atoms with Crippen molar-refractivity contribution in [3.8, 4) is 11.5 Å². The van der Waals surface area contributed by atoms with E-state index in [1.54, 1.807) is 0 Å². The molecule has 0 spiro atoms. The van der Waals surface area contributed by atoms with Crippen molar-refractivity contribution in [1.82, 2.24) is 0 Å². The second kappa shape index (κ2) is 3.01. The molecule has 0 bridgehead atoms. The third kappa shape index (κ3) is 1.23. The normalized spacial score (nSPS) is 20.1. The summed E-state index contributed by atoms with van der Waals surface area (Å²) in [6.07, 6.45) is 6.93. The van der Waals surface area contributed by atoms with E-state index in [1.165, 1.54) is 49.0 Å². The Hall–Kier alpha value is -0.980. The van der Waals surface area contributed by atoms with Crippen LogP contribution in [0.25, 0.3) is 0 Å². The summed E-state index contributed by atoms with van der Waals surface area (Å²) in [6.45, 7) is 2.12. The lowest BCUT2D eigenvalue weighted by atomic mass is 9.84. The minimum Gasteiger partial charge on any atom is -0.449 e. The van der Waals surface area contributed by atoms with E-state index in [-0.39, 0.29) is 0 Å². The number of hydrogen-bond donors (Lipinski definition) is 0. The van der Waals surface area contributed by atoms with Crippen molar-refractivity contribution >= 4 is 0 Å². The molecule has 1 heteroatoms. The Morgan fingerprint density at radius 1 is 1.07 bits per heavy atom. The Morgan fingerprint density at radius 3 is 2.64 bits per heavy atom. The number of rotatable bonds is 1. The SMILES string of the molecule is Cc1ccc(C2CCCCC2)c2c1O2. The van der Waals surface area contributed by atoms with Gasteiger partial charge in [0.15, 0.2) is 11.5 Å². The molecule has 1 aromatic carbocycles. The first-order valence-corrected chi connectivity index (χ1v) is 5.67. The van der Waals surface area contributed by atoms with Crippen LogP contribution in [0.1, 0.15) is 49.1 Å². The number of hydrogen-bond acceptors (Lipinski definition) is 1. The first kappa shape index (κ1) is 8.34. The molecule has 0 radical (unpaired) electrons. The number of fused-ring (bicyclic) bond motifs is 1. The van der Waals surface area contributed by atoms with Crippen LogP contribution in [0.15, 0.2) is 12.1 Å². The van der Waals surface area contributed by atoms with Crippen LogP contribution in [0.4, 0.5) is 0 Å². The van der Waals surface area contributed by atoms with E-state index in [1.807, 2.05) is 0 Å². The molecular formula is C13H16O. The first-order valence-electron chi connectivity index (χ1n) is 5.67. The monoisotopic (exact) mass is 188 g/mol. The molecule has 1 saturated carbocycles. The molecule has 0 atom stereocenters. The van der Waals surface area contributed by atoms with E-state index in [4.69, 9.17) is 4.74 Å². The van der Waals surface area contributed by atoms with Gasteiger partial charge >= 0.3 is 0 Å². The van der Waals surface area contributed by atoms with E-state index in [0.29, 0.717) is 0 Å². The molecule has 1 fully saturated rings. The van der Waals surface area contributed by atoms with Gasteiger partial charge in [-0.2, -0.15) is 0 Å². The Balaban J connectivity index is 1.90. The highest BCUT2D eigenvalue weighted by Gasteiger charge is 2.30. The van der Waals surface area contributed by atoms with Crippen LogP contribution in [0.2, 0.25) is 0 Å². The highest BCUT2D eigenvalue weighted by Crippen LogP contribution is 2.54. The molecule has 3 rings (SSSR count). The van der Waals surface area contributed by atoms with E-state index in [2.05, 4.69) is 19.1 Å². The smallest absolute Gasteiger partial charge is 0.173 e. The third-order valence-electron chi connectivity index (χ3n) is 3.55. The highest BCUT2D eigenvalue weighted by molar-refractivity contribution is 5.64. The summed E-state index contributed by atoms with van der Waals surface area (Å²) in [5.74, 6) is 3.14. The lowest BCUT2D eigenvalue weighted by Gasteiger charge is -2.20. The summed E-state index contributed by atoms with van der Waals surface area (Å²) in [7, 11) is 0. The largest absolute Gasteiger partial charge is 0.449 e. The fourth-order valence-corrected chi connectivity index (χ4v) is 2.63. The van der Waals surface area contributed by atoms with Crippen molar-refractivity contribution in [3.63, 3.8) is 0 Å². The second-order valence-corrected chi connectivity index (χ2v) is 4.57. The molecule has 1 heterocycles. The maximum absolute atomic E-state index is 5.55. The van der Waals surface area contributed by atoms with E-state index < -0.39 is 0 Å². The quantitative estimate of drug-likeness (QED) is 0.612. The molecule has 2 aliphatic rings. The number of benzene rings is 1. The van der Waals surface area contributed by atoms with Crippen LogP contribution < -0.4 is 4.74 Å². The fraction of sp³-hybridized carbons (Fsp3) is 0.538. The standard InChI is InChI=1S/C13H16O/c1-9-7-8-11(13-12(9)14-13)10-5-3-2-4-6-10/h7-8,10H,2-6H2,1H3. The van der Waals surface area contributed by atoms with Gasteiger partial charge in [0.25, 0.3) is 0 Å². The maximum atomic E-state index is 5.55. The lowest BCUT2D eigenvalue weighted by molar-refractivity contribution is 0.440. The second-order valence-electron chi connectivity index (χ2n) is 4.57. The van der Waals surface area contributed by atoms with E-state index in [0.717, 1.165) is 11.7 Å². The highest BCUT2D eigenvalue weighted by atomic mass is 16.6. The fourth-order valence-electron chi connectivity index (χ4n) is 2.63. The minimum atomic E-state index is 0.778. The van der Waals surface area contributed by atoms with Crippen molar-refractivity contribution < 1.29 is 4.74 Å². The molecule has 0 unspecified atom stereocenters. The summed E-state index contributed by atoms with van der Waals surface area (Å²) in [5, 5.41) is 0. The van der Waals surface area contributed by atoms with Crippen LogP contribution in [-0.4, -0.2) is 0 Å². The van der Waals surface area contributed by atoms with Gasteiger partial charge in [-0.25, -0.2) is 0 Å². The molecule has 1 nitrogen and oxygen atoms in total. The summed E-state index contributed by atoms with van der Waals surface area (Å²) in [6, 6.07) is 4.48. The zero-order chi connectivity index (χ0) is 9.54. The van der Waals surface area contributed by atoms with Crippen LogP contribution in [-0.2, 0) is 0 Å². The molecule has 1 aromatic rings. The maximum Gasteiger partial charge on any atom is 0.173 e. The van der Waals surface area contributed by atoms with E-state index >= 15 is 0 Å². The van der Waals surface area contributed by atoms with Gasteiger partial charge in [-0.15, -0.1) is 0 Å². The number of ether oxygens (including phenoxy) is 1. The third-order valence-corrected chi connectivity index (χ3v) is 3.55. The zero-order valence-electron chi connectivity index (χ0n) is 8.68. The van der Waals surface area contributed by atoms with Gasteiger partial charge in [-0.3, -0.25) is 0 Å². The molecule has 0 N–H and O–H groups in total. The van der Waals surface area contributed by atoms with Crippen molar-refractivity contribution in [2.45, 2.75) is 44.9 Å². The number of aryl methyl sites for hydroxylation is 1. The van der Waals surface area contributed by atoms with Gasteiger partial charge in [0, 0.05) is 5.56 Å². The Kier molecular flexibility index (Phi) is 1.79. The van der Waals surface area contributed by atoms with E-state index in [9.17, 15) is 0 Å². The molecule has 0 amide bonds. The lowest BCUT2D eigenvalue weighted by Crippen LogP contribution is -2.03. The van der Waals surface area contributed by atoms with Crippen molar-refractivity contribution in [3.05, 3.63) is 23.3 Å². The molecule has 14 heavy (non-hydrogen) atoms. The summed E-state index contributed by atoms with van der Waals surface area (Å²) in [5.41, 5.74) is 2.77. The molecule has 0 saturated heterocycles. The van der Waals surface area contributed by atoms with Gasteiger partial charge in [0.1, 0.15) is 0 Å². The summed E-state index contributed by atoms with van der Waals surface area (Å²) in [4.78, 5) is 0. The summed E-state index contributed by atoms with van der Waals surface area (Å²) >= 11 is 0. The predicted octanol–water partition coefficient (Wildman–Crippen LogP) is 4.15. The zero-order valence-corrected chi connectivity index (χ0v) is 8.68. The molecule has 74 valence electrons. The topological polar surface area (TPSA) is 12.5 Å². The van der Waals surface area contributed by atoms with Crippen LogP contribution in [0.5, 0.6) is 11.5 Å². The summed E-state index contributed by atoms with van der Waals surface area (Å²) < 4.78 is 5.55. The van der Waals surface area contributed by atoms with Gasteiger partial charge in [-0.05, 0) is 31.2 Å². The van der Waals surface area contributed by atoms with Gasteiger partial charge < -0.3 is 4.74 Å². The van der Waals surface area contributed by atoms with Crippen molar-refractivity contribution in [2.24, 2.45) is 0 Å². The first-order chi connectivity index (χ1) is 6.86. The molecule has 0 aromatic heterocycles. The molecular weight excluding hydrogens is 172 g/mol. The van der Waals surface area contributed by atoms with Gasteiger partial charge in [0.2, 0.25) is 0 Å². The Labute approximate surface area is 85.1 Å². The van der Waals surface area contributed by atoms with Gasteiger partial charge in [-0.1, -0.05) is 31.4 Å². The Bertz CT molecular complexity index is 362. The Morgan fingerprint density at radius 2 is 1.86 bits per heavy atom. The minimum absolute atomic E-state index is 0.778. The average molecular weight is 188 g/mol. The molecule has 1 aliphatic heterocycles. The van der Waals surface area contributed by atoms with Crippen molar-refractivity contribution in [2.75, 3.05) is 0 Å². The molecule has 1 aliphatic carbocycles.